The van der Waals surface area contributed by atoms with Gasteiger partial charge in [0.05, 0.1) is 15.5 Å². The molecule has 0 bridgehead atoms. The lowest BCUT2D eigenvalue weighted by molar-refractivity contribution is 0.0560. The number of rotatable bonds is 1. The summed E-state index contributed by atoms with van der Waals surface area (Å²) in [5, 5.41) is 2.53. The van der Waals surface area contributed by atoms with Gasteiger partial charge < -0.3 is 4.74 Å². The molecule has 0 fully saturated rings. The summed E-state index contributed by atoms with van der Waals surface area (Å²) < 4.78 is 60.0. The largest absolute Gasteiger partial charge is 0.444 e. The summed E-state index contributed by atoms with van der Waals surface area (Å²) in [6.07, 6.45) is -0.857. The second-order valence-electron chi connectivity index (χ2n) is 10.9. The average Bonchev–Trinajstić information content (AvgIpc) is 2.61. The van der Waals surface area contributed by atoms with Gasteiger partial charge in [0, 0.05) is 22.2 Å². The van der Waals surface area contributed by atoms with Crippen molar-refractivity contribution in [2.45, 2.75) is 77.1 Å². The summed E-state index contributed by atoms with van der Waals surface area (Å²) in [6, 6.07) is 4.34. The van der Waals surface area contributed by atoms with E-state index in [9.17, 15) is 9.00 Å². The molecule has 0 saturated carbocycles. The molecule has 1 aromatic carbocycles. The number of ether oxygens (including phenoxy) is 1. The van der Waals surface area contributed by atoms with Gasteiger partial charge >= 0.3 is 6.09 Å². The van der Waals surface area contributed by atoms with Crippen LogP contribution in [-0.4, -0.2) is 47.3 Å². The first-order chi connectivity index (χ1) is 16.0. The predicted molar refractivity (Wildman–Crippen MR) is 136 cm³/mol. The second kappa shape index (κ2) is 8.88. The van der Waals surface area contributed by atoms with Crippen LogP contribution in [0.5, 0.6) is 0 Å². The summed E-state index contributed by atoms with van der Waals surface area (Å²) in [6.45, 7) is 12.9. The van der Waals surface area contributed by atoms with Crippen LogP contribution >= 0.6 is 0 Å². The number of alkyl carbamates (subject to hydrolysis) is 1. The van der Waals surface area contributed by atoms with Crippen LogP contribution in [0.4, 0.5) is 9.18 Å². The predicted octanol–water partition coefficient (Wildman–Crippen LogP) is 5.08. The highest BCUT2D eigenvalue weighted by Gasteiger charge is 2.49. The molecule has 2 rings (SSSR count). The molecule has 0 aromatic heterocycles. The summed E-state index contributed by atoms with van der Waals surface area (Å²) >= 11 is 0. The lowest BCUT2D eigenvalue weighted by Gasteiger charge is -2.41. The van der Waals surface area contributed by atoms with Gasteiger partial charge in [-0.3, -0.25) is 10.3 Å². The molecule has 1 aliphatic heterocycles. The Kier molecular flexibility index (Phi) is 6.08. The smallest absolute Gasteiger partial charge is 0.413 e. The maximum absolute atomic E-state index is 15.2. The average molecular weight is 497 g/mol. The Balaban J connectivity index is 2.79. The number of carbonyl (C=O) groups excluding carboxylic acids is 1. The summed E-state index contributed by atoms with van der Waals surface area (Å²) in [7, 11) is -5.33. The summed E-state index contributed by atoms with van der Waals surface area (Å²) in [5.41, 5.74) is 1.52. The number of amides is 1. The Morgan fingerprint density at radius 1 is 1.33 bits per heavy atom. The topological polar surface area (TPSA) is 80.1 Å². The molecule has 1 heterocycles. The molecule has 33 heavy (non-hydrogen) atoms. The van der Waals surface area contributed by atoms with Crippen LogP contribution in [0.25, 0.3) is 0 Å². The molecule has 9 heteroatoms. The van der Waals surface area contributed by atoms with Crippen LogP contribution in [0.15, 0.2) is 27.6 Å². The molecule has 1 aliphatic rings. The molecule has 0 saturated heterocycles. The number of aliphatic imine (C=N–C) groups is 1. The molecule has 0 aliphatic carbocycles. The van der Waals surface area contributed by atoms with Gasteiger partial charge in [0.25, 0.3) is 0 Å². The number of nitrogens with zero attached hydrogens (tertiary/aromatic N) is 2. The van der Waals surface area contributed by atoms with E-state index in [2.05, 4.69) is 45.8 Å². The number of nitrogens with one attached hydrogen (secondary N) is 1. The molecule has 0 spiro atoms. The Bertz CT molecular complexity index is 1260. The third kappa shape index (κ3) is 6.24. The maximum atomic E-state index is 15.2. The molecule has 1 N–H and O–H groups in total. The van der Waals surface area contributed by atoms with E-state index in [0.717, 1.165) is 0 Å². The number of hydrogen-bond donors (Lipinski definition) is 1. The fourth-order valence-corrected chi connectivity index (χ4v) is 5.82. The van der Waals surface area contributed by atoms with Crippen LogP contribution in [0.3, 0.4) is 0 Å². The van der Waals surface area contributed by atoms with Crippen LogP contribution < -0.4 is 5.32 Å². The highest BCUT2D eigenvalue weighted by atomic mass is 32.2. The Morgan fingerprint density at radius 2 is 1.97 bits per heavy atom. The zero-order valence-electron chi connectivity index (χ0n) is 23.8. The van der Waals surface area contributed by atoms with Crippen LogP contribution in [0, 0.1) is 17.3 Å². The number of benzene rings is 1. The van der Waals surface area contributed by atoms with E-state index in [1.165, 1.54) is 26.0 Å². The third-order valence-electron chi connectivity index (χ3n) is 5.10. The highest BCUT2D eigenvalue weighted by Crippen LogP contribution is 2.39. The Morgan fingerprint density at radius 3 is 2.52 bits per heavy atom. The monoisotopic (exact) mass is 496 g/mol. The van der Waals surface area contributed by atoms with Crippen LogP contribution in [-0.2, 0) is 20.0 Å². The molecule has 182 valence electrons. The molecule has 1 amide bonds. The first kappa shape index (κ1) is 22.6. The van der Waals surface area contributed by atoms with E-state index in [-0.39, 0.29) is 17.2 Å². The number of hydrogen-bond acceptors (Lipinski definition) is 5. The van der Waals surface area contributed by atoms with Crippen molar-refractivity contribution in [3.63, 3.8) is 0 Å². The fourth-order valence-electron chi connectivity index (χ4n) is 3.26. The van der Waals surface area contributed by atoms with Gasteiger partial charge in [-0.15, -0.1) is 5.54 Å². The molecule has 2 atom stereocenters. The fraction of sp³-hybridized carbons (Fsp3) is 0.583. The van der Waals surface area contributed by atoms with E-state index in [1.807, 2.05) is 0 Å². The van der Waals surface area contributed by atoms with Gasteiger partial charge in [0.2, 0.25) is 0 Å². The summed E-state index contributed by atoms with van der Waals surface area (Å²) in [4.78, 5) is 17.3. The van der Waals surface area contributed by atoms with Crippen molar-refractivity contribution in [1.29, 1.82) is 0 Å². The first-order valence-corrected chi connectivity index (χ1v) is 15.8. The quantitative estimate of drug-likeness (QED) is 0.435. The maximum Gasteiger partial charge on any atom is 0.413 e. The van der Waals surface area contributed by atoms with E-state index in [1.54, 1.807) is 33.8 Å². The minimum absolute atomic E-state index is 0.0809. The normalized spacial score (nSPS) is 26.5. The van der Waals surface area contributed by atoms with Gasteiger partial charge in [0.1, 0.15) is 35.6 Å². The SMILES string of the molecule is [2H]C([2H])([2H])N=S1(=O)C[C@@](C)(c2cc(C#C[Si](C)(C)C)ccc2F)N=C(NC(=O)OC(C)(C)C)C1(C)C. The van der Waals surface area contributed by atoms with Gasteiger partial charge in [0.15, 0.2) is 0 Å². The van der Waals surface area contributed by atoms with E-state index in [0.29, 0.717) is 5.56 Å². The Labute approximate surface area is 203 Å². The van der Waals surface area contributed by atoms with E-state index >= 15 is 4.39 Å². The number of carbonyl (C=O) groups is 1. The second-order valence-corrected chi connectivity index (χ2v) is 18.5. The van der Waals surface area contributed by atoms with Gasteiger partial charge in [-0.1, -0.05) is 25.6 Å². The van der Waals surface area contributed by atoms with Crippen molar-refractivity contribution < 1.29 is 22.2 Å². The van der Waals surface area contributed by atoms with Crippen molar-refractivity contribution in [3.05, 3.63) is 35.1 Å². The van der Waals surface area contributed by atoms with Crippen molar-refractivity contribution >= 4 is 29.7 Å². The van der Waals surface area contributed by atoms with Gasteiger partial charge in [-0.05, 0) is 59.7 Å². The molecule has 0 radical (unpaired) electrons. The van der Waals surface area contributed by atoms with E-state index < -0.39 is 52.6 Å². The van der Waals surface area contributed by atoms with Crippen LogP contribution in [0.1, 0.15) is 56.8 Å². The zero-order chi connectivity index (χ0) is 28.0. The van der Waals surface area contributed by atoms with Gasteiger partial charge in [-0.25, -0.2) is 17.8 Å². The first-order valence-electron chi connectivity index (χ1n) is 12.2. The molecule has 1 aromatic rings. The Hall–Kier alpha value is -2.18. The molecular weight excluding hydrogens is 457 g/mol. The van der Waals surface area contributed by atoms with Crippen molar-refractivity contribution in [2.75, 3.05) is 12.7 Å². The van der Waals surface area contributed by atoms with Crippen molar-refractivity contribution in [3.8, 4) is 11.5 Å². The van der Waals surface area contributed by atoms with E-state index in [4.69, 9.17) is 8.85 Å². The standard InChI is InChI=1S/C24H36FN3O3SSi/c1-22(2,3)31-21(29)27-20-23(4,5)32(30,26-7)16-24(6,28-20)18-15-17(11-12-19(18)25)13-14-33(8,9)10/h11-12,15H,16H2,1-10H3,(H,27,28,29)/t24-,32?/m0/s1/i7D3. The summed E-state index contributed by atoms with van der Waals surface area (Å²) in [5.74, 6) is 1.99. The van der Waals surface area contributed by atoms with Crippen molar-refractivity contribution in [1.82, 2.24) is 5.32 Å². The van der Waals surface area contributed by atoms with Crippen molar-refractivity contribution in [2.24, 2.45) is 9.36 Å². The molecular formula is C24H36FN3O3SSi. The number of amidine groups is 1. The lowest BCUT2D eigenvalue weighted by atomic mass is 9.92. The highest BCUT2D eigenvalue weighted by molar-refractivity contribution is 7.95. The zero-order valence-corrected chi connectivity index (χ0v) is 22.7. The molecule has 6 nitrogen and oxygen atoms in total. The van der Waals surface area contributed by atoms with Crippen LogP contribution in [0.2, 0.25) is 19.6 Å². The lowest BCUT2D eigenvalue weighted by Crippen LogP contribution is -2.57. The van der Waals surface area contributed by atoms with Gasteiger partial charge in [-0.2, -0.15) is 0 Å². The third-order valence-corrected chi connectivity index (χ3v) is 9.01. The minimum Gasteiger partial charge on any atom is -0.444 e. The number of halogens is 1. The molecule has 1 unspecified atom stereocenters. The minimum atomic E-state index is -3.62.